The highest BCUT2D eigenvalue weighted by molar-refractivity contribution is 6.34. The van der Waals surface area contributed by atoms with Gasteiger partial charge in [-0.25, -0.2) is 0 Å². The van der Waals surface area contributed by atoms with Gasteiger partial charge in [0.2, 0.25) is 11.8 Å². The van der Waals surface area contributed by atoms with Crippen molar-refractivity contribution in [3.8, 4) is 0 Å². The van der Waals surface area contributed by atoms with Gasteiger partial charge in [-0.05, 0) is 43.0 Å². The Bertz CT molecular complexity index is 938. The number of benzene rings is 2. The van der Waals surface area contributed by atoms with Crippen LogP contribution in [0.5, 0.6) is 0 Å². The Balaban J connectivity index is 1.50. The predicted molar refractivity (Wildman–Crippen MR) is 122 cm³/mol. The third-order valence-corrected chi connectivity index (χ3v) is 5.89. The maximum Gasteiger partial charge on any atom is 0.254 e. The van der Waals surface area contributed by atoms with Crippen LogP contribution in [0.25, 0.3) is 0 Å². The fourth-order valence-corrected chi connectivity index (χ4v) is 3.90. The molecule has 31 heavy (non-hydrogen) atoms. The summed E-state index contributed by atoms with van der Waals surface area (Å²) < 4.78 is 0. The van der Waals surface area contributed by atoms with Crippen molar-refractivity contribution in [1.82, 2.24) is 9.80 Å². The molecule has 1 saturated heterocycles. The van der Waals surface area contributed by atoms with Crippen LogP contribution in [-0.2, 0) is 16.0 Å². The molecular weight excluding hydrogens is 414 g/mol. The van der Waals surface area contributed by atoms with Crippen LogP contribution in [-0.4, -0.2) is 54.7 Å². The van der Waals surface area contributed by atoms with Crippen molar-refractivity contribution in [3.63, 3.8) is 0 Å². The van der Waals surface area contributed by atoms with Crippen molar-refractivity contribution in [1.29, 1.82) is 0 Å². The van der Waals surface area contributed by atoms with Gasteiger partial charge < -0.3 is 15.1 Å². The lowest BCUT2D eigenvalue weighted by Crippen LogP contribution is -2.41. The fraction of sp³-hybridized carbons (Fsp3) is 0.375. The third-order valence-electron chi connectivity index (χ3n) is 5.56. The standard InChI is InChI=1S/C24H28ClN3O3/c1-27(2)24(31)20-16-19(9-10-21(20)25)26-23(30)18-12-14-28(15-13-18)22(29)11-8-17-6-4-3-5-7-17/h3-7,9-10,16,18H,8,11-15H2,1-2H3,(H,26,30). The van der Waals surface area contributed by atoms with E-state index in [-0.39, 0.29) is 23.6 Å². The number of aryl methyl sites for hydroxylation is 1. The lowest BCUT2D eigenvalue weighted by molar-refractivity contribution is -0.134. The Kier molecular flexibility index (Phi) is 7.69. The van der Waals surface area contributed by atoms with Crippen molar-refractivity contribution in [3.05, 3.63) is 64.7 Å². The van der Waals surface area contributed by atoms with Crippen LogP contribution >= 0.6 is 11.6 Å². The van der Waals surface area contributed by atoms with Crippen LogP contribution in [0.1, 0.15) is 35.2 Å². The van der Waals surface area contributed by atoms with Gasteiger partial charge in [0.15, 0.2) is 0 Å². The number of nitrogens with one attached hydrogen (secondary N) is 1. The number of carbonyl (C=O) groups is 3. The maximum absolute atomic E-state index is 12.7. The van der Waals surface area contributed by atoms with Gasteiger partial charge in [-0.3, -0.25) is 14.4 Å². The first-order chi connectivity index (χ1) is 14.8. The Morgan fingerprint density at radius 2 is 1.74 bits per heavy atom. The normalized spacial score (nSPS) is 14.2. The molecule has 1 heterocycles. The Labute approximate surface area is 188 Å². The van der Waals surface area contributed by atoms with E-state index in [9.17, 15) is 14.4 Å². The van der Waals surface area contributed by atoms with E-state index in [1.807, 2.05) is 35.2 Å². The van der Waals surface area contributed by atoms with E-state index < -0.39 is 0 Å². The highest BCUT2D eigenvalue weighted by Gasteiger charge is 2.27. The molecule has 0 spiro atoms. The zero-order valence-corrected chi connectivity index (χ0v) is 18.7. The second-order valence-electron chi connectivity index (χ2n) is 8.02. The number of carbonyl (C=O) groups excluding carboxylic acids is 3. The Hall–Kier alpha value is -2.86. The molecule has 3 rings (SSSR count). The van der Waals surface area contributed by atoms with Crippen molar-refractivity contribution in [2.75, 3.05) is 32.5 Å². The molecule has 1 N–H and O–H groups in total. The molecular formula is C24H28ClN3O3. The van der Waals surface area contributed by atoms with Gasteiger partial charge in [-0.15, -0.1) is 0 Å². The summed E-state index contributed by atoms with van der Waals surface area (Å²) in [4.78, 5) is 40.7. The van der Waals surface area contributed by atoms with E-state index >= 15 is 0 Å². The number of nitrogens with zero attached hydrogens (tertiary/aromatic N) is 2. The van der Waals surface area contributed by atoms with Crippen molar-refractivity contribution < 1.29 is 14.4 Å². The molecule has 164 valence electrons. The summed E-state index contributed by atoms with van der Waals surface area (Å²) in [5.41, 5.74) is 2.05. The monoisotopic (exact) mass is 441 g/mol. The predicted octanol–water partition coefficient (Wildman–Crippen LogP) is 3.85. The molecule has 2 aromatic rings. The number of likely N-dealkylation sites (tertiary alicyclic amines) is 1. The highest BCUT2D eigenvalue weighted by atomic mass is 35.5. The molecule has 2 aromatic carbocycles. The van der Waals surface area contributed by atoms with Crippen molar-refractivity contribution >= 4 is 35.0 Å². The summed E-state index contributed by atoms with van der Waals surface area (Å²) in [7, 11) is 3.30. The van der Waals surface area contributed by atoms with Crippen LogP contribution in [0, 0.1) is 5.92 Å². The van der Waals surface area contributed by atoms with Crippen LogP contribution in [0.4, 0.5) is 5.69 Å². The van der Waals surface area contributed by atoms with Gasteiger partial charge in [0, 0.05) is 45.2 Å². The minimum Gasteiger partial charge on any atom is -0.345 e. The van der Waals surface area contributed by atoms with E-state index in [1.165, 1.54) is 4.90 Å². The van der Waals surface area contributed by atoms with Gasteiger partial charge in [0.05, 0.1) is 10.6 Å². The van der Waals surface area contributed by atoms with E-state index in [0.717, 1.165) is 12.0 Å². The molecule has 1 aliphatic rings. The van der Waals surface area contributed by atoms with E-state index in [1.54, 1.807) is 32.3 Å². The van der Waals surface area contributed by atoms with Crippen LogP contribution in [0.15, 0.2) is 48.5 Å². The minimum atomic E-state index is -0.219. The SMILES string of the molecule is CN(C)C(=O)c1cc(NC(=O)C2CCN(C(=O)CCc3ccccc3)CC2)ccc1Cl. The smallest absolute Gasteiger partial charge is 0.254 e. The number of hydrogen-bond acceptors (Lipinski definition) is 3. The van der Waals surface area contributed by atoms with Crippen LogP contribution in [0.2, 0.25) is 5.02 Å². The summed E-state index contributed by atoms with van der Waals surface area (Å²) in [5.74, 6) is -0.348. The molecule has 0 radical (unpaired) electrons. The van der Waals surface area contributed by atoms with Gasteiger partial charge in [-0.2, -0.15) is 0 Å². The molecule has 3 amide bonds. The van der Waals surface area contributed by atoms with Crippen LogP contribution in [0.3, 0.4) is 0 Å². The van der Waals surface area contributed by atoms with Gasteiger partial charge in [-0.1, -0.05) is 41.9 Å². The van der Waals surface area contributed by atoms with E-state index in [2.05, 4.69) is 5.32 Å². The lowest BCUT2D eigenvalue weighted by atomic mass is 9.95. The van der Waals surface area contributed by atoms with E-state index in [4.69, 9.17) is 11.6 Å². The first kappa shape index (κ1) is 22.8. The number of amides is 3. The summed E-state index contributed by atoms with van der Waals surface area (Å²) in [6.45, 7) is 1.16. The van der Waals surface area contributed by atoms with E-state index in [0.29, 0.717) is 48.6 Å². The van der Waals surface area contributed by atoms with Gasteiger partial charge in [0.1, 0.15) is 0 Å². The third kappa shape index (κ3) is 6.07. The maximum atomic E-state index is 12.7. The molecule has 0 saturated carbocycles. The zero-order chi connectivity index (χ0) is 22.4. The topological polar surface area (TPSA) is 69.7 Å². The number of rotatable bonds is 6. The molecule has 0 atom stereocenters. The summed E-state index contributed by atoms with van der Waals surface area (Å²) >= 11 is 6.13. The average Bonchev–Trinajstić information content (AvgIpc) is 2.79. The highest BCUT2D eigenvalue weighted by Crippen LogP contribution is 2.24. The zero-order valence-electron chi connectivity index (χ0n) is 17.9. The number of piperidine rings is 1. The molecule has 1 aliphatic heterocycles. The molecule has 7 heteroatoms. The first-order valence-corrected chi connectivity index (χ1v) is 10.9. The lowest BCUT2D eigenvalue weighted by Gasteiger charge is -2.31. The number of anilines is 1. The van der Waals surface area contributed by atoms with Crippen LogP contribution < -0.4 is 5.32 Å². The quantitative estimate of drug-likeness (QED) is 0.740. The summed E-state index contributed by atoms with van der Waals surface area (Å²) in [6, 6.07) is 14.9. The average molecular weight is 442 g/mol. The fourth-order valence-electron chi connectivity index (χ4n) is 3.70. The largest absolute Gasteiger partial charge is 0.345 e. The molecule has 0 aromatic heterocycles. The molecule has 0 aliphatic carbocycles. The molecule has 0 bridgehead atoms. The second kappa shape index (κ2) is 10.4. The van der Waals surface area contributed by atoms with Gasteiger partial charge in [0.25, 0.3) is 5.91 Å². The van der Waals surface area contributed by atoms with Crippen molar-refractivity contribution in [2.24, 2.45) is 5.92 Å². The number of hydrogen-bond donors (Lipinski definition) is 1. The Morgan fingerprint density at radius 3 is 2.39 bits per heavy atom. The van der Waals surface area contributed by atoms with Crippen molar-refractivity contribution in [2.45, 2.75) is 25.7 Å². The second-order valence-corrected chi connectivity index (χ2v) is 8.43. The minimum absolute atomic E-state index is 0.0954. The number of halogens is 1. The van der Waals surface area contributed by atoms with Gasteiger partial charge >= 0.3 is 0 Å². The summed E-state index contributed by atoms with van der Waals surface area (Å²) in [6.07, 6.45) is 2.46. The first-order valence-electron chi connectivity index (χ1n) is 10.5. The molecule has 6 nitrogen and oxygen atoms in total. The summed E-state index contributed by atoms with van der Waals surface area (Å²) in [5, 5.41) is 3.24. The molecule has 1 fully saturated rings. The molecule has 0 unspecified atom stereocenters. The Morgan fingerprint density at radius 1 is 1.06 bits per heavy atom.